The summed E-state index contributed by atoms with van der Waals surface area (Å²) in [5.41, 5.74) is 0.579. The zero-order valence-electron chi connectivity index (χ0n) is 9.16. The summed E-state index contributed by atoms with van der Waals surface area (Å²) < 4.78 is 0. The molecule has 0 aromatic rings. The van der Waals surface area contributed by atoms with Crippen LogP contribution in [-0.2, 0) is 9.59 Å². The molecular weight excluding hydrogens is 190 g/mol. The van der Waals surface area contributed by atoms with E-state index < -0.39 is 0 Å². The molecule has 82 valence electrons. The quantitative estimate of drug-likeness (QED) is 0.648. The molecule has 1 aliphatic heterocycles. The second kappa shape index (κ2) is 4.17. The molecule has 0 spiro atoms. The molecule has 0 radical (unpaired) electrons. The van der Waals surface area contributed by atoms with E-state index in [1.807, 2.05) is 0 Å². The fraction of sp³-hybridized carbons (Fsp3) is 0.667. The Bertz CT molecular complexity index is 314. The summed E-state index contributed by atoms with van der Waals surface area (Å²) in [5.74, 6) is 0.319. The first kappa shape index (κ1) is 10.4. The topological polar surface area (TPSA) is 37.4 Å². The Morgan fingerprint density at radius 3 is 2.47 bits per heavy atom. The molecule has 0 unspecified atom stereocenters. The molecule has 3 nitrogen and oxygen atoms in total. The van der Waals surface area contributed by atoms with Gasteiger partial charge in [-0.05, 0) is 25.7 Å². The van der Waals surface area contributed by atoms with Crippen LogP contribution in [0.15, 0.2) is 11.6 Å². The van der Waals surface area contributed by atoms with Gasteiger partial charge in [-0.1, -0.05) is 19.3 Å². The molecule has 0 aromatic heterocycles. The van der Waals surface area contributed by atoms with Crippen LogP contribution in [0.3, 0.4) is 0 Å². The van der Waals surface area contributed by atoms with E-state index in [4.69, 9.17) is 0 Å². The van der Waals surface area contributed by atoms with Gasteiger partial charge in [0.05, 0.1) is 0 Å². The minimum atomic E-state index is -0.122. The lowest BCUT2D eigenvalue weighted by molar-refractivity contribution is -0.138. The van der Waals surface area contributed by atoms with Gasteiger partial charge in [-0.3, -0.25) is 14.5 Å². The van der Waals surface area contributed by atoms with Gasteiger partial charge in [0.2, 0.25) is 0 Å². The van der Waals surface area contributed by atoms with Crippen LogP contribution in [0.4, 0.5) is 0 Å². The minimum Gasteiger partial charge on any atom is -0.275 e. The highest BCUT2D eigenvalue weighted by molar-refractivity contribution is 6.15. The molecule has 1 heterocycles. The van der Waals surface area contributed by atoms with Crippen molar-refractivity contribution in [1.82, 2.24) is 4.90 Å². The predicted octanol–water partition coefficient (Wildman–Crippen LogP) is 1.88. The van der Waals surface area contributed by atoms with Crippen molar-refractivity contribution in [3.8, 4) is 0 Å². The summed E-state index contributed by atoms with van der Waals surface area (Å²) in [6.07, 6.45) is 7.56. The van der Waals surface area contributed by atoms with Gasteiger partial charge in [0.25, 0.3) is 11.8 Å². The van der Waals surface area contributed by atoms with E-state index in [2.05, 4.69) is 0 Å². The second-order valence-corrected chi connectivity index (χ2v) is 4.59. The number of hydrogen-bond acceptors (Lipinski definition) is 2. The Morgan fingerprint density at radius 2 is 1.93 bits per heavy atom. The van der Waals surface area contributed by atoms with Crippen molar-refractivity contribution in [2.24, 2.45) is 5.92 Å². The highest BCUT2D eigenvalue weighted by Crippen LogP contribution is 2.26. The van der Waals surface area contributed by atoms with E-state index in [-0.39, 0.29) is 11.8 Å². The summed E-state index contributed by atoms with van der Waals surface area (Å²) in [4.78, 5) is 24.5. The lowest BCUT2D eigenvalue weighted by Crippen LogP contribution is -2.36. The van der Waals surface area contributed by atoms with Gasteiger partial charge in [-0.25, -0.2) is 0 Å². The van der Waals surface area contributed by atoms with Crippen molar-refractivity contribution in [2.75, 3.05) is 6.54 Å². The zero-order valence-corrected chi connectivity index (χ0v) is 9.16. The SMILES string of the molecule is CC1=CC(=O)N(CC2CCCCC2)C1=O. The van der Waals surface area contributed by atoms with E-state index in [9.17, 15) is 9.59 Å². The first-order chi connectivity index (χ1) is 7.18. The standard InChI is InChI=1S/C12H17NO2/c1-9-7-11(14)13(12(9)15)8-10-5-3-2-4-6-10/h7,10H,2-6,8H2,1H3. The molecule has 0 aromatic carbocycles. The molecular formula is C12H17NO2. The number of hydrogen-bond donors (Lipinski definition) is 0. The monoisotopic (exact) mass is 207 g/mol. The van der Waals surface area contributed by atoms with Crippen molar-refractivity contribution in [3.63, 3.8) is 0 Å². The fourth-order valence-electron chi connectivity index (χ4n) is 2.44. The molecule has 2 rings (SSSR count). The van der Waals surface area contributed by atoms with Crippen molar-refractivity contribution in [1.29, 1.82) is 0 Å². The van der Waals surface area contributed by atoms with E-state index >= 15 is 0 Å². The van der Waals surface area contributed by atoms with Crippen LogP contribution in [0.25, 0.3) is 0 Å². The van der Waals surface area contributed by atoms with Crippen LogP contribution in [0.5, 0.6) is 0 Å². The van der Waals surface area contributed by atoms with E-state index in [1.165, 1.54) is 30.2 Å². The molecule has 0 atom stereocenters. The van der Waals surface area contributed by atoms with Gasteiger partial charge >= 0.3 is 0 Å². The molecule has 2 amide bonds. The second-order valence-electron chi connectivity index (χ2n) is 4.59. The van der Waals surface area contributed by atoms with Crippen LogP contribution in [-0.4, -0.2) is 23.3 Å². The maximum Gasteiger partial charge on any atom is 0.256 e. The Labute approximate surface area is 90.1 Å². The van der Waals surface area contributed by atoms with Gasteiger partial charge in [0.15, 0.2) is 0 Å². The summed E-state index contributed by atoms with van der Waals surface area (Å²) in [6.45, 7) is 2.34. The zero-order chi connectivity index (χ0) is 10.8. The third kappa shape index (κ3) is 2.11. The third-order valence-electron chi connectivity index (χ3n) is 3.35. The summed E-state index contributed by atoms with van der Waals surface area (Å²) in [7, 11) is 0. The molecule has 1 aliphatic carbocycles. The van der Waals surface area contributed by atoms with Crippen molar-refractivity contribution in [3.05, 3.63) is 11.6 Å². The van der Waals surface area contributed by atoms with Gasteiger partial charge in [-0.15, -0.1) is 0 Å². The van der Waals surface area contributed by atoms with E-state index in [0.29, 0.717) is 18.0 Å². The van der Waals surface area contributed by atoms with Crippen LogP contribution in [0.2, 0.25) is 0 Å². The smallest absolute Gasteiger partial charge is 0.256 e. The summed E-state index contributed by atoms with van der Waals surface area (Å²) in [5, 5.41) is 0. The van der Waals surface area contributed by atoms with Gasteiger partial charge in [0, 0.05) is 18.2 Å². The van der Waals surface area contributed by atoms with Crippen LogP contribution >= 0.6 is 0 Å². The normalized spacial score (nSPS) is 23.5. The van der Waals surface area contributed by atoms with E-state index in [1.54, 1.807) is 6.92 Å². The maximum atomic E-state index is 11.6. The predicted molar refractivity (Wildman–Crippen MR) is 57.1 cm³/mol. The number of rotatable bonds is 2. The Morgan fingerprint density at radius 1 is 1.27 bits per heavy atom. The average Bonchev–Trinajstić information content (AvgIpc) is 2.47. The fourth-order valence-corrected chi connectivity index (χ4v) is 2.44. The highest BCUT2D eigenvalue weighted by atomic mass is 16.2. The van der Waals surface area contributed by atoms with Crippen molar-refractivity contribution >= 4 is 11.8 Å². The first-order valence-electron chi connectivity index (χ1n) is 5.72. The first-order valence-corrected chi connectivity index (χ1v) is 5.72. The molecule has 2 aliphatic rings. The largest absolute Gasteiger partial charge is 0.275 e. The number of imide groups is 1. The molecule has 1 fully saturated rings. The minimum absolute atomic E-state index is 0.0921. The number of carbonyl (C=O) groups excluding carboxylic acids is 2. The van der Waals surface area contributed by atoms with Crippen molar-refractivity contribution in [2.45, 2.75) is 39.0 Å². The molecule has 1 saturated carbocycles. The molecule has 0 N–H and O–H groups in total. The summed E-state index contributed by atoms with van der Waals surface area (Å²) in [6, 6.07) is 0. The number of carbonyl (C=O) groups is 2. The Kier molecular flexibility index (Phi) is 2.89. The lowest BCUT2D eigenvalue weighted by Gasteiger charge is -2.25. The van der Waals surface area contributed by atoms with Crippen LogP contribution in [0, 0.1) is 5.92 Å². The molecule has 0 saturated heterocycles. The van der Waals surface area contributed by atoms with Gasteiger partial charge < -0.3 is 0 Å². The average molecular weight is 207 g/mol. The highest BCUT2D eigenvalue weighted by Gasteiger charge is 2.30. The Balaban J connectivity index is 1.95. The molecule has 3 heteroatoms. The summed E-state index contributed by atoms with van der Waals surface area (Å²) >= 11 is 0. The van der Waals surface area contributed by atoms with Crippen LogP contribution in [0.1, 0.15) is 39.0 Å². The molecule has 0 bridgehead atoms. The van der Waals surface area contributed by atoms with Crippen molar-refractivity contribution < 1.29 is 9.59 Å². The molecule has 15 heavy (non-hydrogen) atoms. The number of nitrogens with zero attached hydrogens (tertiary/aromatic N) is 1. The van der Waals surface area contributed by atoms with E-state index in [0.717, 1.165) is 12.8 Å². The van der Waals surface area contributed by atoms with Gasteiger partial charge in [0.1, 0.15) is 0 Å². The third-order valence-corrected chi connectivity index (χ3v) is 3.35. The maximum absolute atomic E-state index is 11.6. The lowest BCUT2D eigenvalue weighted by atomic mass is 9.89. The Hall–Kier alpha value is -1.12. The number of amides is 2. The van der Waals surface area contributed by atoms with Gasteiger partial charge in [-0.2, -0.15) is 0 Å². The van der Waals surface area contributed by atoms with Crippen LogP contribution < -0.4 is 0 Å².